The molecule has 0 fully saturated rings. The lowest BCUT2D eigenvalue weighted by atomic mass is 10.2. The standard InChI is InChI=1S/C12H15ClO4/c1-7(15)8(2)17-12-10(13)4-9(6-14)5-11(12)16-3/h4-8,15H,1-3H3. The molecule has 1 aromatic rings. The van der Waals surface area contributed by atoms with Crippen molar-refractivity contribution in [1.82, 2.24) is 0 Å². The quantitative estimate of drug-likeness (QED) is 0.824. The molecule has 0 bridgehead atoms. The second-order valence-corrected chi connectivity index (χ2v) is 4.12. The summed E-state index contributed by atoms with van der Waals surface area (Å²) < 4.78 is 10.6. The molecule has 0 saturated heterocycles. The Labute approximate surface area is 105 Å². The molecule has 1 N–H and O–H groups in total. The van der Waals surface area contributed by atoms with E-state index < -0.39 is 12.2 Å². The summed E-state index contributed by atoms with van der Waals surface area (Å²) in [5.74, 6) is 0.695. The van der Waals surface area contributed by atoms with E-state index in [4.69, 9.17) is 21.1 Å². The molecule has 0 amide bonds. The first-order chi connectivity index (χ1) is 7.99. The molecule has 94 valence electrons. The van der Waals surface area contributed by atoms with Crippen LogP contribution in [0.4, 0.5) is 0 Å². The van der Waals surface area contributed by atoms with Gasteiger partial charge in [-0.15, -0.1) is 0 Å². The van der Waals surface area contributed by atoms with Gasteiger partial charge in [-0.2, -0.15) is 0 Å². The Morgan fingerprint density at radius 3 is 2.53 bits per heavy atom. The van der Waals surface area contributed by atoms with Crippen LogP contribution in [0.3, 0.4) is 0 Å². The summed E-state index contributed by atoms with van der Waals surface area (Å²) in [6.45, 7) is 3.33. The van der Waals surface area contributed by atoms with Crippen LogP contribution >= 0.6 is 11.6 Å². The van der Waals surface area contributed by atoms with Crippen LogP contribution in [0.1, 0.15) is 24.2 Å². The van der Waals surface area contributed by atoms with E-state index in [9.17, 15) is 9.90 Å². The summed E-state index contributed by atoms with van der Waals surface area (Å²) in [7, 11) is 1.46. The molecule has 1 rings (SSSR count). The fraction of sp³-hybridized carbons (Fsp3) is 0.417. The van der Waals surface area contributed by atoms with E-state index >= 15 is 0 Å². The number of ether oxygens (including phenoxy) is 2. The molecule has 2 atom stereocenters. The van der Waals surface area contributed by atoms with Gasteiger partial charge in [-0.1, -0.05) is 11.6 Å². The second-order valence-electron chi connectivity index (χ2n) is 3.72. The molecule has 0 aliphatic carbocycles. The Balaban J connectivity index is 3.09. The molecule has 2 unspecified atom stereocenters. The smallest absolute Gasteiger partial charge is 0.180 e. The van der Waals surface area contributed by atoms with Crippen LogP contribution in [0.15, 0.2) is 12.1 Å². The minimum absolute atomic E-state index is 0.277. The van der Waals surface area contributed by atoms with Crippen molar-refractivity contribution >= 4 is 17.9 Å². The van der Waals surface area contributed by atoms with E-state index in [0.29, 0.717) is 23.3 Å². The monoisotopic (exact) mass is 258 g/mol. The Kier molecular flexibility index (Phi) is 4.78. The van der Waals surface area contributed by atoms with Crippen molar-refractivity contribution in [1.29, 1.82) is 0 Å². The molecular weight excluding hydrogens is 244 g/mol. The van der Waals surface area contributed by atoms with Crippen molar-refractivity contribution < 1.29 is 19.4 Å². The molecule has 0 aliphatic heterocycles. The van der Waals surface area contributed by atoms with E-state index in [-0.39, 0.29) is 5.02 Å². The number of aldehydes is 1. The number of methoxy groups -OCH3 is 1. The first-order valence-electron chi connectivity index (χ1n) is 5.17. The lowest BCUT2D eigenvalue weighted by Crippen LogP contribution is -2.25. The first kappa shape index (κ1) is 13.8. The van der Waals surface area contributed by atoms with Crippen molar-refractivity contribution in [3.8, 4) is 11.5 Å². The molecule has 1 aromatic carbocycles. The maximum atomic E-state index is 10.7. The third kappa shape index (κ3) is 3.35. The zero-order valence-electron chi connectivity index (χ0n) is 9.94. The number of aliphatic hydroxyl groups is 1. The third-order valence-electron chi connectivity index (χ3n) is 2.37. The molecular formula is C12H15ClO4. The van der Waals surface area contributed by atoms with Crippen LogP contribution in [-0.2, 0) is 0 Å². The topological polar surface area (TPSA) is 55.8 Å². The highest BCUT2D eigenvalue weighted by atomic mass is 35.5. The van der Waals surface area contributed by atoms with E-state index in [1.165, 1.54) is 19.2 Å². The average Bonchev–Trinajstić information content (AvgIpc) is 2.30. The summed E-state index contributed by atoms with van der Waals surface area (Å²) in [4.78, 5) is 10.7. The van der Waals surface area contributed by atoms with E-state index in [1.54, 1.807) is 13.8 Å². The van der Waals surface area contributed by atoms with Crippen molar-refractivity contribution in [3.05, 3.63) is 22.7 Å². The fourth-order valence-electron chi connectivity index (χ4n) is 1.21. The zero-order valence-corrected chi connectivity index (χ0v) is 10.7. The molecule has 4 nitrogen and oxygen atoms in total. The number of hydrogen-bond acceptors (Lipinski definition) is 4. The number of hydrogen-bond donors (Lipinski definition) is 1. The molecule has 0 heterocycles. The van der Waals surface area contributed by atoms with Crippen LogP contribution in [0.2, 0.25) is 5.02 Å². The number of carbonyl (C=O) groups is 1. The molecule has 0 spiro atoms. The van der Waals surface area contributed by atoms with Gasteiger partial charge in [0.1, 0.15) is 12.4 Å². The molecule has 0 saturated carbocycles. The lowest BCUT2D eigenvalue weighted by Gasteiger charge is -2.20. The molecule has 0 aromatic heterocycles. The Hall–Kier alpha value is -1.26. The average molecular weight is 259 g/mol. The minimum Gasteiger partial charge on any atom is -0.493 e. The summed E-state index contributed by atoms with van der Waals surface area (Å²) in [6, 6.07) is 3.02. The summed E-state index contributed by atoms with van der Waals surface area (Å²) in [6.07, 6.45) is -0.388. The molecule has 5 heteroatoms. The maximum absolute atomic E-state index is 10.7. The summed E-state index contributed by atoms with van der Waals surface area (Å²) in [5.41, 5.74) is 0.406. The van der Waals surface area contributed by atoms with Crippen molar-refractivity contribution in [2.75, 3.05) is 7.11 Å². The summed E-state index contributed by atoms with van der Waals surface area (Å²) >= 11 is 6.00. The number of rotatable bonds is 5. The zero-order chi connectivity index (χ0) is 13.0. The molecule has 17 heavy (non-hydrogen) atoms. The third-order valence-corrected chi connectivity index (χ3v) is 2.65. The highest BCUT2D eigenvalue weighted by Crippen LogP contribution is 2.36. The number of halogens is 1. The van der Waals surface area contributed by atoms with E-state index in [2.05, 4.69) is 0 Å². The van der Waals surface area contributed by atoms with Gasteiger partial charge < -0.3 is 14.6 Å². The lowest BCUT2D eigenvalue weighted by molar-refractivity contribution is 0.0587. The second kappa shape index (κ2) is 5.89. The van der Waals surface area contributed by atoms with Crippen molar-refractivity contribution in [2.45, 2.75) is 26.1 Å². The maximum Gasteiger partial charge on any atom is 0.180 e. The van der Waals surface area contributed by atoms with Gasteiger partial charge in [0.2, 0.25) is 0 Å². The largest absolute Gasteiger partial charge is 0.493 e. The van der Waals surface area contributed by atoms with Crippen LogP contribution in [0.25, 0.3) is 0 Å². The fourth-order valence-corrected chi connectivity index (χ4v) is 1.47. The van der Waals surface area contributed by atoms with Crippen molar-refractivity contribution in [2.24, 2.45) is 0 Å². The van der Waals surface area contributed by atoms with Crippen molar-refractivity contribution in [3.63, 3.8) is 0 Å². The Bertz CT molecular complexity index is 404. The molecule has 0 radical (unpaired) electrons. The van der Waals surface area contributed by atoms with E-state index in [0.717, 1.165) is 0 Å². The SMILES string of the molecule is COc1cc(C=O)cc(Cl)c1OC(C)C(C)O. The van der Waals surface area contributed by atoms with Gasteiger partial charge in [0, 0.05) is 5.56 Å². The predicted octanol–water partition coefficient (Wildman–Crippen LogP) is 2.31. The molecule has 0 aliphatic rings. The normalized spacial score (nSPS) is 13.9. The Morgan fingerprint density at radius 1 is 1.41 bits per heavy atom. The van der Waals surface area contributed by atoms with Gasteiger partial charge in [-0.25, -0.2) is 0 Å². The van der Waals surface area contributed by atoms with Crippen LogP contribution in [0.5, 0.6) is 11.5 Å². The van der Waals surface area contributed by atoms with Crippen LogP contribution < -0.4 is 9.47 Å². The number of benzene rings is 1. The highest BCUT2D eigenvalue weighted by molar-refractivity contribution is 6.32. The van der Waals surface area contributed by atoms with Gasteiger partial charge in [0.15, 0.2) is 11.5 Å². The predicted molar refractivity (Wildman–Crippen MR) is 65.2 cm³/mol. The Morgan fingerprint density at radius 2 is 2.06 bits per heavy atom. The number of carbonyl (C=O) groups excluding carboxylic acids is 1. The van der Waals surface area contributed by atoms with Gasteiger partial charge in [0.05, 0.1) is 18.2 Å². The first-order valence-corrected chi connectivity index (χ1v) is 5.54. The highest BCUT2D eigenvalue weighted by Gasteiger charge is 2.17. The van der Waals surface area contributed by atoms with E-state index in [1.807, 2.05) is 0 Å². The minimum atomic E-state index is -0.637. The van der Waals surface area contributed by atoms with Crippen LogP contribution in [-0.4, -0.2) is 30.7 Å². The van der Waals surface area contributed by atoms with Gasteiger partial charge >= 0.3 is 0 Å². The van der Waals surface area contributed by atoms with Gasteiger partial charge in [-0.05, 0) is 26.0 Å². The van der Waals surface area contributed by atoms with Gasteiger partial charge in [0.25, 0.3) is 0 Å². The van der Waals surface area contributed by atoms with Gasteiger partial charge in [-0.3, -0.25) is 4.79 Å². The summed E-state index contributed by atoms with van der Waals surface area (Å²) in [5, 5.41) is 9.65. The van der Waals surface area contributed by atoms with Crippen LogP contribution in [0, 0.1) is 0 Å². The number of aliphatic hydroxyl groups excluding tert-OH is 1.